The standard InChI is InChI=1S/C23H14F4N8O2.C2H6/c24-16-7-12(1-3-14(16)20-29-11-30-33-20)15-9-31-34-6-5-19(32-21(15)34)35-18(10-37-22(35)36)17-4-2-13(8-28-17)23(25,26)27;1-2/h1-9,11,18H,10H2,(H,29,30,33);1-2H3. The number of nitrogens with zero attached hydrogens (tertiary/aromatic N) is 7. The average molecular weight is 540 g/mol. The second-order valence-corrected chi connectivity index (χ2v) is 8.07. The molecule has 10 nitrogen and oxygen atoms in total. The molecule has 0 aliphatic carbocycles. The van der Waals surface area contributed by atoms with Gasteiger partial charge >= 0.3 is 12.3 Å². The molecular weight excluding hydrogens is 520 g/mol. The molecule has 5 heterocycles. The number of rotatable bonds is 4. The average Bonchev–Trinajstić information content (AvgIpc) is 3.69. The van der Waals surface area contributed by atoms with Crippen molar-refractivity contribution < 1.29 is 27.1 Å². The van der Waals surface area contributed by atoms with Crippen LogP contribution in [0.4, 0.5) is 28.2 Å². The van der Waals surface area contributed by atoms with Gasteiger partial charge in [0.05, 0.1) is 23.0 Å². The fraction of sp³-hybridized carbons (Fsp3) is 0.200. The highest BCUT2D eigenvalue weighted by molar-refractivity contribution is 5.90. The first-order valence-corrected chi connectivity index (χ1v) is 11.8. The van der Waals surface area contributed by atoms with Crippen LogP contribution >= 0.6 is 0 Å². The number of cyclic esters (lactones) is 1. The number of aromatic nitrogens is 7. The minimum atomic E-state index is -4.54. The van der Waals surface area contributed by atoms with Crippen molar-refractivity contribution in [2.75, 3.05) is 11.5 Å². The van der Waals surface area contributed by atoms with Crippen molar-refractivity contribution in [3.05, 3.63) is 78.4 Å². The molecule has 1 unspecified atom stereocenters. The van der Waals surface area contributed by atoms with Crippen molar-refractivity contribution in [1.82, 2.24) is 34.8 Å². The molecule has 1 amide bonds. The fourth-order valence-electron chi connectivity index (χ4n) is 4.07. The molecule has 1 aromatic carbocycles. The lowest BCUT2D eigenvalue weighted by Crippen LogP contribution is -2.29. The molecular formula is C25H20F4N8O2. The van der Waals surface area contributed by atoms with Crippen molar-refractivity contribution in [3.8, 4) is 22.5 Å². The number of aromatic amines is 1. The van der Waals surface area contributed by atoms with E-state index >= 15 is 0 Å². The number of hydrogen-bond acceptors (Lipinski definition) is 7. The van der Waals surface area contributed by atoms with E-state index in [0.717, 1.165) is 6.07 Å². The Morgan fingerprint density at radius 3 is 2.54 bits per heavy atom. The van der Waals surface area contributed by atoms with Crippen LogP contribution in [-0.4, -0.2) is 47.5 Å². The summed E-state index contributed by atoms with van der Waals surface area (Å²) in [5, 5.41) is 10.6. The first-order valence-electron chi connectivity index (χ1n) is 11.8. The molecule has 0 bridgehead atoms. The molecule has 1 atom stereocenters. The molecule has 0 saturated carbocycles. The van der Waals surface area contributed by atoms with Gasteiger partial charge in [-0.2, -0.15) is 23.4 Å². The minimum Gasteiger partial charge on any atom is -0.446 e. The number of carbonyl (C=O) groups is 1. The van der Waals surface area contributed by atoms with Crippen molar-refractivity contribution >= 4 is 17.6 Å². The van der Waals surface area contributed by atoms with E-state index in [4.69, 9.17) is 4.74 Å². The number of hydrogen-bond donors (Lipinski definition) is 1. The molecule has 1 fully saturated rings. The summed E-state index contributed by atoms with van der Waals surface area (Å²) in [6.07, 6.45) is -0.220. The predicted molar refractivity (Wildman–Crippen MR) is 131 cm³/mol. The van der Waals surface area contributed by atoms with Crippen LogP contribution in [0.5, 0.6) is 0 Å². The number of anilines is 1. The second-order valence-electron chi connectivity index (χ2n) is 8.07. The number of nitrogens with one attached hydrogen (secondary N) is 1. The molecule has 4 aromatic heterocycles. The quantitative estimate of drug-likeness (QED) is 0.301. The van der Waals surface area contributed by atoms with Crippen LogP contribution in [0, 0.1) is 5.82 Å². The van der Waals surface area contributed by atoms with E-state index in [2.05, 4.69) is 30.2 Å². The van der Waals surface area contributed by atoms with Crippen LogP contribution in [0.1, 0.15) is 31.1 Å². The number of amides is 1. The van der Waals surface area contributed by atoms with E-state index in [1.165, 1.54) is 40.1 Å². The first kappa shape index (κ1) is 25.8. The zero-order valence-electron chi connectivity index (χ0n) is 20.5. The summed E-state index contributed by atoms with van der Waals surface area (Å²) in [6, 6.07) is 7.34. The number of alkyl halides is 3. The third kappa shape index (κ3) is 4.76. The monoisotopic (exact) mass is 540 g/mol. The number of halogens is 4. The Kier molecular flexibility index (Phi) is 6.68. The smallest absolute Gasteiger partial charge is 0.417 e. The molecule has 1 aliphatic rings. The van der Waals surface area contributed by atoms with Gasteiger partial charge in [0.15, 0.2) is 11.5 Å². The highest BCUT2D eigenvalue weighted by atomic mass is 19.4. The lowest BCUT2D eigenvalue weighted by Gasteiger charge is -2.20. The largest absolute Gasteiger partial charge is 0.446 e. The summed E-state index contributed by atoms with van der Waals surface area (Å²) in [5.74, 6) is -0.0942. The van der Waals surface area contributed by atoms with Gasteiger partial charge < -0.3 is 4.74 Å². The Balaban J connectivity index is 0.00000151. The zero-order chi connectivity index (χ0) is 27.7. The van der Waals surface area contributed by atoms with Crippen LogP contribution in [0.25, 0.3) is 28.2 Å². The normalized spacial score (nSPS) is 15.3. The van der Waals surface area contributed by atoms with Gasteiger partial charge in [0.25, 0.3) is 0 Å². The Hall–Kier alpha value is -4.88. The highest BCUT2D eigenvalue weighted by Gasteiger charge is 2.38. The van der Waals surface area contributed by atoms with Crippen LogP contribution in [0.15, 0.2) is 61.3 Å². The number of carbonyl (C=O) groups excluding carboxylic acids is 1. The summed E-state index contributed by atoms with van der Waals surface area (Å²) >= 11 is 0. The number of fused-ring (bicyclic) bond motifs is 1. The number of H-pyrrole nitrogens is 1. The second kappa shape index (κ2) is 10.1. The summed E-state index contributed by atoms with van der Waals surface area (Å²) in [6.45, 7) is 3.88. The Labute approximate surface area is 218 Å². The van der Waals surface area contributed by atoms with Crippen molar-refractivity contribution in [3.63, 3.8) is 0 Å². The van der Waals surface area contributed by atoms with Gasteiger partial charge in [-0.3, -0.25) is 10.1 Å². The van der Waals surface area contributed by atoms with Crippen molar-refractivity contribution in [2.45, 2.75) is 26.1 Å². The molecule has 5 aromatic rings. The maximum Gasteiger partial charge on any atom is 0.417 e. The fourth-order valence-corrected chi connectivity index (χ4v) is 4.07. The van der Waals surface area contributed by atoms with Gasteiger partial charge in [-0.1, -0.05) is 19.9 Å². The summed E-state index contributed by atoms with van der Waals surface area (Å²) in [4.78, 5) is 26.2. The molecule has 14 heteroatoms. The van der Waals surface area contributed by atoms with E-state index in [-0.39, 0.29) is 29.5 Å². The Morgan fingerprint density at radius 1 is 1.05 bits per heavy atom. The molecule has 1 saturated heterocycles. The zero-order valence-corrected chi connectivity index (χ0v) is 20.5. The van der Waals surface area contributed by atoms with Gasteiger partial charge in [-0.25, -0.2) is 28.6 Å². The van der Waals surface area contributed by atoms with Gasteiger partial charge in [-0.05, 0) is 35.9 Å². The third-order valence-electron chi connectivity index (χ3n) is 5.88. The number of ether oxygens (including phenoxy) is 1. The maximum atomic E-state index is 14.8. The molecule has 1 aliphatic heterocycles. The summed E-state index contributed by atoms with van der Waals surface area (Å²) in [5.41, 5.74) is 0.825. The van der Waals surface area contributed by atoms with Crippen LogP contribution in [0.2, 0.25) is 0 Å². The van der Waals surface area contributed by atoms with Gasteiger partial charge in [0, 0.05) is 18.0 Å². The Bertz CT molecular complexity index is 1620. The van der Waals surface area contributed by atoms with Gasteiger partial charge in [0.1, 0.15) is 30.6 Å². The van der Waals surface area contributed by atoms with Crippen LogP contribution < -0.4 is 4.90 Å². The van der Waals surface area contributed by atoms with Crippen LogP contribution in [0.3, 0.4) is 0 Å². The van der Waals surface area contributed by atoms with Crippen molar-refractivity contribution in [1.29, 1.82) is 0 Å². The minimum absolute atomic E-state index is 0.121. The van der Waals surface area contributed by atoms with E-state index < -0.39 is 29.7 Å². The number of benzene rings is 1. The third-order valence-corrected chi connectivity index (χ3v) is 5.88. The number of pyridine rings is 1. The molecule has 200 valence electrons. The van der Waals surface area contributed by atoms with E-state index in [1.54, 1.807) is 18.3 Å². The van der Waals surface area contributed by atoms with Crippen LogP contribution in [-0.2, 0) is 10.9 Å². The van der Waals surface area contributed by atoms with Crippen molar-refractivity contribution in [2.24, 2.45) is 0 Å². The first-order chi connectivity index (χ1) is 18.8. The topological polar surface area (TPSA) is 114 Å². The summed E-state index contributed by atoms with van der Waals surface area (Å²) < 4.78 is 60.3. The molecule has 0 spiro atoms. The molecule has 6 rings (SSSR count). The lowest BCUT2D eigenvalue weighted by molar-refractivity contribution is -0.137. The molecule has 1 N–H and O–H groups in total. The lowest BCUT2D eigenvalue weighted by atomic mass is 10.1. The van der Waals surface area contributed by atoms with Gasteiger partial charge in [-0.15, -0.1) is 0 Å². The summed E-state index contributed by atoms with van der Waals surface area (Å²) in [7, 11) is 0. The predicted octanol–water partition coefficient (Wildman–Crippen LogP) is 5.46. The Morgan fingerprint density at radius 2 is 1.87 bits per heavy atom. The van der Waals surface area contributed by atoms with Gasteiger partial charge in [0.2, 0.25) is 0 Å². The molecule has 0 radical (unpaired) electrons. The maximum absolute atomic E-state index is 14.8. The van der Waals surface area contributed by atoms with E-state index in [9.17, 15) is 22.4 Å². The highest BCUT2D eigenvalue weighted by Crippen LogP contribution is 2.35. The molecule has 39 heavy (non-hydrogen) atoms. The van der Waals surface area contributed by atoms with E-state index in [0.29, 0.717) is 23.0 Å². The van der Waals surface area contributed by atoms with E-state index in [1.807, 2.05) is 13.8 Å². The SMILES string of the molecule is CC.O=C1OCC(c2ccc(C(F)(F)F)cn2)N1c1ccn2ncc(-c3ccc(-c4ncn[nH]4)c(F)c3)c2n1.